The zero-order valence-electron chi connectivity index (χ0n) is 9.54. The van der Waals surface area contributed by atoms with Crippen LogP contribution >= 0.6 is 11.3 Å². The highest BCUT2D eigenvalue weighted by molar-refractivity contribution is 7.19. The molecule has 2 N–H and O–H groups in total. The number of hydrogen-bond donors (Lipinski definition) is 1. The molecule has 3 nitrogen and oxygen atoms in total. The smallest absolute Gasteiger partial charge is 0.187 e. The van der Waals surface area contributed by atoms with Crippen molar-refractivity contribution in [3.05, 3.63) is 42.1 Å². The van der Waals surface area contributed by atoms with Gasteiger partial charge >= 0.3 is 0 Å². The van der Waals surface area contributed by atoms with Crippen LogP contribution in [-0.2, 0) is 6.54 Å². The second kappa shape index (κ2) is 4.37. The van der Waals surface area contributed by atoms with Gasteiger partial charge in [0.2, 0.25) is 0 Å². The Labute approximate surface area is 105 Å². The molecule has 0 unspecified atom stereocenters. The number of thiazole rings is 1. The molecule has 88 valence electrons. The van der Waals surface area contributed by atoms with Crippen molar-refractivity contribution in [3.8, 4) is 0 Å². The van der Waals surface area contributed by atoms with E-state index in [0.717, 1.165) is 16.7 Å². The van der Waals surface area contributed by atoms with Gasteiger partial charge in [-0.1, -0.05) is 41.7 Å². The van der Waals surface area contributed by atoms with Crippen molar-refractivity contribution in [3.63, 3.8) is 0 Å². The van der Waals surface area contributed by atoms with Crippen molar-refractivity contribution in [2.24, 2.45) is 0 Å². The molecule has 0 spiro atoms. The Morgan fingerprint density at radius 2 is 2.06 bits per heavy atom. The van der Waals surface area contributed by atoms with E-state index in [-0.39, 0.29) is 0 Å². The molecule has 0 bridgehead atoms. The van der Waals surface area contributed by atoms with Crippen molar-refractivity contribution in [2.75, 3.05) is 10.6 Å². The first kappa shape index (κ1) is 10.6. The van der Waals surface area contributed by atoms with Gasteiger partial charge in [-0.05, 0) is 18.4 Å². The van der Waals surface area contributed by atoms with Crippen molar-refractivity contribution >= 4 is 21.5 Å². The van der Waals surface area contributed by atoms with E-state index in [2.05, 4.69) is 34.1 Å². The van der Waals surface area contributed by atoms with Gasteiger partial charge in [0.15, 0.2) is 5.13 Å². The van der Waals surface area contributed by atoms with E-state index in [1.54, 1.807) is 17.5 Å². The van der Waals surface area contributed by atoms with Crippen LogP contribution in [0, 0.1) is 0 Å². The molecule has 17 heavy (non-hydrogen) atoms. The van der Waals surface area contributed by atoms with Gasteiger partial charge in [0.25, 0.3) is 0 Å². The highest BCUT2D eigenvalue weighted by Gasteiger charge is 2.30. The van der Waals surface area contributed by atoms with Crippen molar-refractivity contribution < 1.29 is 0 Å². The van der Waals surface area contributed by atoms with Gasteiger partial charge in [-0.15, -0.1) is 0 Å². The fourth-order valence-electron chi connectivity index (χ4n) is 1.93. The molecule has 1 aromatic carbocycles. The molecule has 0 atom stereocenters. The molecule has 1 fully saturated rings. The maximum absolute atomic E-state index is 5.76. The normalized spacial score (nSPS) is 14.8. The largest absolute Gasteiger partial charge is 0.389 e. The number of aromatic nitrogens is 1. The number of rotatable bonds is 4. The Morgan fingerprint density at radius 1 is 1.29 bits per heavy atom. The van der Waals surface area contributed by atoms with Gasteiger partial charge < -0.3 is 10.6 Å². The van der Waals surface area contributed by atoms with Gasteiger partial charge in [0.05, 0.1) is 6.20 Å². The second-order valence-corrected chi connectivity index (χ2v) is 5.43. The number of nitrogens with zero attached hydrogens (tertiary/aromatic N) is 2. The predicted octanol–water partition coefficient (Wildman–Crippen LogP) is 2.89. The summed E-state index contributed by atoms with van der Waals surface area (Å²) >= 11 is 1.58. The molecule has 1 saturated carbocycles. The monoisotopic (exact) mass is 245 g/mol. The van der Waals surface area contributed by atoms with Crippen molar-refractivity contribution in [2.45, 2.75) is 25.4 Å². The lowest BCUT2D eigenvalue weighted by molar-refractivity contribution is 0.790. The molecule has 2 aromatic rings. The molecular formula is C13H15N3S. The number of anilines is 2. The van der Waals surface area contributed by atoms with Gasteiger partial charge in [-0.2, -0.15) is 0 Å². The SMILES string of the molecule is Nc1cnc(N(Cc2ccccc2)C2CC2)s1. The quantitative estimate of drug-likeness (QED) is 0.900. The average Bonchev–Trinajstić information content (AvgIpc) is 3.10. The third-order valence-electron chi connectivity index (χ3n) is 2.94. The Hall–Kier alpha value is -1.55. The molecule has 1 aliphatic rings. The Bertz CT molecular complexity index is 490. The molecule has 0 saturated heterocycles. The minimum atomic E-state index is 0.653. The van der Waals surface area contributed by atoms with Crippen LogP contribution in [0.4, 0.5) is 10.1 Å². The van der Waals surface area contributed by atoms with Crippen LogP contribution in [-0.4, -0.2) is 11.0 Å². The molecule has 1 aliphatic carbocycles. The minimum absolute atomic E-state index is 0.653. The summed E-state index contributed by atoms with van der Waals surface area (Å²) in [4.78, 5) is 6.76. The Balaban J connectivity index is 1.81. The summed E-state index contributed by atoms with van der Waals surface area (Å²) in [6.45, 7) is 0.929. The van der Waals surface area contributed by atoms with Gasteiger partial charge in [-0.25, -0.2) is 4.98 Å². The first-order valence-electron chi connectivity index (χ1n) is 5.85. The first-order valence-corrected chi connectivity index (χ1v) is 6.66. The first-order chi connectivity index (χ1) is 8.33. The van der Waals surface area contributed by atoms with Crippen LogP contribution in [0.3, 0.4) is 0 Å². The van der Waals surface area contributed by atoms with Crippen LogP contribution in [0.25, 0.3) is 0 Å². The molecule has 0 amide bonds. The zero-order valence-corrected chi connectivity index (χ0v) is 10.4. The molecule has 1 aromatic heterocycles. The van der Waals surface area contributed by atoms with Crippen molar-refractivity contribution in [1.29, 1.82) is 0 Å². The highest BCUT2D eigenvalue weighted by atomic mass is 32.1. The number of hydrogen-bond acceptors (Lipinski definition) is 4. The fourth-order valence-corrected chi connectivity index (χ4v) is 2.68. The van der Waals surface area contributed by atoms with E-state index in [9.17, 15) is 0 Å². The topological polar surface area (TPSA) is 42.1 Å². The van der Waals surface area contributed by atoms with E-state index in [0.29, 0.717) is 6.04 Å². The Morgan fingerprint density at radius 3 is 2.65 bits per heavy atom. The number of nitrogens with two attached hydrogens (primary N) is 1. The van der Waals surface area contributed by atoms with E-state index >= 15 is 0 Å². The van der Waals surface area contributed by atoms with Gasteiger partial charge in [0.1, 0.15) is 5.00 Å². The standard InChI is InChI=1S/C13H15N3S/c14-12-8-15-13(17-12)16(11-6-7-11)9-10-4-2-1-3-5-10/h1-5,8,11H,6-7,9,14H2. The van der Waals surface area contributed by atoms with Crippen molar-refractivity contribution in [1.82, 2.24) is 4.98 Å². The third kappa shape index (κ3) is 2.42. The maximum atomic E-state index is 5.76. The summed E-state index contributed by atoms with van der Waals surface area (Å²) in [6, 6.07) is 11.2. The van der Waals surface area contributed by atoms with Crippen LogP contribution < -0.4 is 10.6 Å². The summed E-state index contributed by atoms with van der Waals surface area (Å²) in [7, 11) is 0. The number of benzene rings is 1. The van der Waals surface area contributed by atoms with Gasteiger partial charge in [0, 0.05) is 12.6 Å². The maximum Gasteiger partial charge on any atom is 0.187 e. The summed E-state index contributed by atoms with van der Waals surface area (Å²) < 4.78 is 0. The Kier molecular flexibility index (Phi) is 2.73. The molecule has 0 radical (unpaired) electrons. The van der Waals surface area contributed by atoms with E-state index in [1.165, 1.54) is 18.4 Å². The van der Waals surface area contributed by atoms with Crippen LogP contribution in [0.15, 0.2) is 36.5 Å². The molecule has 1 heterocycles. The zero-order chi connectivity index (χ0) is 11.7. The van der Waals surface area contributed by atoms with Crippen LogP contribution in [0.1, 0.15) is 18.4 Å². The van der Waals surface area contributed by atoms with E-state index < -0.39 is 0 Å². The summed E-state index contributed by atoms with van der Waals surface area (Å²) in [5.74, 6) is 0. The number of nitrogen functional groups attached to an aromatic ring is 1. The molecular weight excluding hydrogens is 230 g/mol. The fraction of sp³-hybridized carbons (Fsp3) is 0.308. The highest BCUT2D eigenvalue weighted by Crippen LogP contribution is 2.35. The summed E-state index contributed by atoms with van der Waals surface area (Å²) in [5.41, 5.74) is 7.09. The predicted molar refractivity (Wildman–Crippen MR) is 72.2 cm³/mol. The lowest BCUT2D eigenvalue weighted by atomic mass is 10.2. The molecule has 3 rings (SSSR count). The van der Waals surface area contributed by atoms with Gasteiger partial charge in [-0.3, -0.25) is 0 Å². The van der Waals surface area contributed by atoms with E-state index in [1.807, 2.05) is 6.07 Å². The van der Waals surface area contributed by atoms with Crippen LogP contribution in [0.5, 0.6) is 0 Å². The average molecular weight is 245 g/mol. The minimum Gasteiger partial charge on any atom is -0.389 e. The molecule has 4 heteroatoms. The summed E-state index contributed by atoms with van der Waals surface area (Å²) in [5, 5.41) is 1.84. The lowest BCUT2D eigenvalue weighted by Crippen LogP contribution is -2.24. The summed E-state index contributed by atoms with van der Waals surface area (Å²) in [6.07, 6.45) is 4.29. The van der Waals surface area contributed by atoms with E-state index in [4.69, 9.17) is 5.73 Å². The molecule has 0 aliphatic heterocycles. The third-order valence-corrected chi connectivity index (χ3v) is 3.80. The second-order valence-electron chi connectivity index (χ2n) is 4.39. The lowest BCUT2D eigenvalue weighted by Gasteiger charge is -2.21. The van der Waals surface area contributed by atoms with Crippen LogP contribution in [0.2, 0.25) is 0 Å².